The molecule has 5 nitrogen and oxygen atoms in total. The molecule has 1 amide bonds. The van der Waals surface area contributed by atoms with Gasteiger partial charge in [0.2, 0.25) is 5.91 Å². The van der Waals surface area contributed by atoms with Gasteiger partial charge in [0.15, 0.2) is 0 Å². The maximum absolute atomic E-state index is 10.7. The van der Waals surface area contributed by atoms with Crippen LogP contribution >= 0.6 is 67.8 Å². The second kappa shape index (κ2) is 7.93. The van der Waals surface area contributed by atoms with Gasteiger partial charge < -0.3 is 16.2 Å². The predicted molar refractivity (Wildman–Crippen MR) is 97.2 cm³/mol. The van der Waals surface area contributed by atoms with Gasteiger partial charge in [-0.3, -0.25) is 4.79 Å². The number of rotatable bonds is 1. The highest BCUT2D eigenvalue weighted by Crippen LogP contribution is 2.22. The van der Waals surface area contributed by atoms with Crippen molar-refractivity contribution in [1.82, 2.24) is 5.32 Å². The Bertz CT molecular complexity index is 485. The molecule has 2 rings (SSSR count). The van der Waals surface area contributed by atoms with Gasteiger partial charge in [0.1, 0.15) is 0 Å². The summed E-state index contributed by atoms with van der Waals surface area (Å²) in [6, 6.07) is 3.77. The average molecular weight is 600 g/mol. The average Bonchev–Trinajstić information content (AvgIpc) is 2.60. The second-order valence-corrected chi connectivity index (χ2v) is 7.39. The van der Waals surface area contributed by atoms with Gasteiger partial charge in [0.05, 0.1) is 5.56 Å². The number of carboxylic acid groups (broad SMARTS) is 1. The molecule has 1 fully saturated rings. The molecule has 19 heavy (non-hydrogen) atoms. The van der Waals surface area contributed by atoms with E-state index >= 15 is 0 Å². The Morgan fingerprint density at radius 3 is 2.11 bits per heavy atom. The van der Waals surface area contributed by atoms with Crippen LogP contribution in [0.2, 0.25) is 0 Å². The fraction of sp³-hybridized carbons (Fsp3) is 0.273. The third-order valence-electron chi connectivity index (χ3n) is 2.23. The van der Waals surface area contributed by atoms with Gasteiger partial charge in [-0.05, 0) is 79.9 Å². The third-order valence-corrected chi connectivity index (χ3v) is 4.55. The molecule has 0 spiro atoms. The van der Waals surface area contributed by atoms with E-state index in [9.17, 15) is 9.59 Å². The number of benzene rings is 1. The Labute approximate surface area is 151 Å². The molecule has 1 aliphatic heterocycles. The van der Waals surface area contributed by atoms with Crippen LogP contribution in [0.15, 0.2) is 12.1 Å². The van der Waals surface area contributed by atoms with Gasteiger partial charge in [-0.25, -0.2) is 4.79 Å². The van der Waals surface area contributed by atoms with E-state index in [1.54, 1.807) is 0 Å². The van der Waals surface area contributed by atoms with Crippen LogP contribution in [0.5, 0.6) is 0 Å². The summed E-state index contributed by atoms with van der Waals surface area (Å²) in [6.45, 7) is 0.652. The van der Waals surface area contributed by atoms with Crippen LogP contribution < -0.4 is 11.1 Å². The highest BCUT2D eigenvalue weighted by atomic mass is 127. The normalized spacial score (nSPS) is 17.5. The fourth-order valence-corrected chi connectivity index (χ4v) is 5.42. The topological polar surface area (TPSA) is 92.4 Å². The van der Waals surface area contributed by atoms with Gasteiger partial charge in [-0.1, -0.05) is 0 Å². The molecule has 1 heterocycles. The molecular weight excluding hydrogens is 589 g/mol. The van der Waals surface area contributed by atoms with Crippen molar-refractivity contribution in [3.63, 3.8) is 0 Å². The minimum atomic E-state index is -0.861. The van der Waals surface area contributed by atoms with Gasteiger partial charge in [-0.2, -0.15) is 0 Å². The molecule has 1 unspecified atom stereocenters. The van der Waals surface area contributed by atoms with Gasteiger partial charge in [-0.15, -0.1) is 0 Å². The first-order valence-electron chi connectivity index (χ1n) is 5.21. The summed E-state index contributed by atoms with van der Waals surface area (Å²) >= 11 is 6.24. The molecule has 1 aliphatic rings. The van der Waals surface area contributed by atoms with Crippen molar-refractivity contribution < 1.29 is 14.7 Å². The molecule has 0 aromatic heterocycles. The van der Waals surface area contributed by atoms with Gasteiger partial charge in [0, 0.05) is 29.7 Å². The lowest BCUT2D eigenvalue weighted by molar-refractivity contribution is -0.119. The molecule has 104 valence electrons. The van der Waals surface area contributed by atoms with E-state index in [4.69, 9.17) is 10.8 Å². The summed E-state index contributed by atoms with van der Waals surface area (Å²) in [6.07, 6.45) is 0.500. The summed E-state index contributed by atoms with van der Waals surface area (Å²) in [5, 5.41) is 11.4. The standard InChI is InChI=1S/C7H3I3O2.C4H8N2O/c8-3-1-4(9)6(7(11)12)5(10)2-3;5-3-1-4(7)6-2-3/h1-2H,(H,11,12);3H,1-2,5H2,(H,6,7). The predicted octanol–water partition coefficient (Wildman–Crippen LogP) is 2.03. The van der Waals surface area contributed by atoms with Crippen LogP contribution in [-0.4, -0.2) is 29.6 Å². The molecular formula is C11H11I3N2O3. The Hall–Kier alpha value is 0.310. The van der Waals surface area contributed by atoms with Crippen molar-refractivity contribution >= 4 is 79.6 Å². The Morgan fingerprint density at radius 2 is 1.84 bits per heavy atom. The summed E-state index contributed by atoms with van der Waals surface area (Å²) in [4.78, 5) is 21.0. The molecule has 1 saturated heterocycles. The van der Waals surface area contributed by atoms with Crippen LogP contribution in [0.1, 0.15) is 16.8 Å². The lowest BCUT2D eigenvalue weighted by Crippen LogP contribution is -2.22. The number of amides is 1. The van der Waals surface area contributed by atoms with E-state index < -0.39 is 5.97 Å². The molecule has 0 radical (unpaired) electrons. The van der Waals surface area contributed by atoms with Crippen molar-refractivity contribution in [1.29, 1.82) is 0 Å². The summed E-state index contributed by atoms with van der Waals surface area (Å²) < 4.78 is 2.64. The first-order valence-corrected chi connectivity index (χ1v) is 8.45. The van der Waals surface area contributed by atoms with Crippen LogP contribution in [0.25, 0.3) is 0 Å². The number of carbonyl (C=O) groups is 2. The molecule has 1 atom stereocenters. The first kappa shape index (κ1) is 17.4. The van der Waals surface area contributed by atoms with E-state index in [1.807, 2.05) is 57.3 Å². The zero-order valence-corrected chi connectivity index (χ0v) is 16.1. The number of halogens is 3. The Morgan fingerprint density at radius 1 is 1.32 bits per heavy atom. The number of carboxylic acids is 1. The van der Waals surface area contributed by atoms with E-state index in [2.05, 4.69) is 27.9 Å². The van der Waals surface area contributed by atoms with E-state index in [0.29, 0.717) is 18.5 Å². The maximum atomic E-state index is 10.7. The zero-order valence-electron chi connectivity index (χ0n) is 9.62. The minimum Gasteiger partial charge on any atom is -0.478 e. The van der Waals surface area contributed by atoms with Crippen molar-refractivity contribution in [2.75, 3.05) is 6.54 Å². The molecule has 8 heteroatoms. The van der Waals surface area contributed by atoms with Crippen LogP contribution in [0.3, 0.4) is 0 Å². The smallest absolute Gasteiger partial charge is 0.337 e. The van der Waals surface area contributed by atoms with E-state index in [1.165, 1.54) is 0 Å². The van der Waals surface area contributed by atoms with Crippen molar-refractivity contribution in [3.05, 3.63) is 28.4 Å². The Kier molecular flexibility index (Phi) is 7.24. The lowest BCUT2D eigenvalue weighted by Gasteiger charge is -2.02. The minimum absolute atomic E-state index is 0.0625. The number of nitrogens with one attached hydrogen (secondary N) is 1. The van der Waals surface area contributed by atoms with Crippen LogP contribution in [0.4, 0.5) is 0 Å². The highest BCUT2D eigenvalue weighted by molar-refractivity contribution is 14.1. The van der Waals surface area contributed by atoms with Crippen molar-refractivity contribution in [2.24, 2.45) is 5.73 Å². The summed E-state index contributed by atoms with van der Waals surface area (Å²) in [5.41, 5.74) is 5.74. The number of hydrogen-bond donors (Lipinski definition) is 3. The van der Waals surface area contributed by atoms with E-state index in [0.717, 1.165) is 10.7 Å². The molecule has 4 N–H and O–H groups in total. The van der Waals surface area contributed by atoms with E-state index in [-0.39, 0.29) is 11.9 Å². The molecule has 1 aromatic rings. The van der Waals surface area contributed by atoms with Crippen molar-refractivity contribution in [2.45, 2.75) is 12.5 Å². The van der Waals surface area contributed by atoms with Crippen molar-refractivity contribution in [3.8, 4) is 0 Å². The van der Waals surface area contributed by atoms with Gasteiger partial charge >= 0.3 is 5.97 Å². The lowest BCUT2D eigenvalue weighted by atomic mass is 10.2. The number of hydrogen-bond acceptors (Lipinski definition) is 3. The number of carbonyl (C=O) groups excluding carboxylic acids is 1. The number of aromatic carboxylic acids is 1. The van der Waals surface area contributed by atoms with Crippen LogP contribution in [-0.2, 0) is 4.79 Å². The molecule has 0 bridgehead atoms. The maximum Gasteiger partial charge on any atom is 0.337 e. The second-order valence-electron chi connectivity index (χ2n) is 3.82. The van der Waals surface area contributed by atoms with Crippen LogP contribution in [0, 0.1) is 10.7 Å². The molecule has 1 aromatic carbocycles. The highest BCUT2D eigenvalue weighted by Gasteiger charge is 2.16. The molecule has 0 saturated carbocycles. The first-order chi connectivity index (χ1) is 8.81. The quantitative estimate of drug-likeness (QED) is 0.431. The summed E-state index contributed by atoms with van der Waals surface area (Å²) in [5.74, 6) is -0.785. The fourth-order valence-electron chi connectivity index (χ4n) is 1.37. The Balaban J connectivity index is 0.000000218. The largest absolute Gasteiger partial charge is 0.478 e. The molecule has 0 aliphatic carbocycles. The SMILES string of the molecule is NC1CNC(=O)C1.O=C(O)c1c(I)cc(I)cc1I. The van der Waals surface area contributed by atoms with Gasteiger partial charge in [0.25, 0.3) is 0 Å². The third kappa shape index (κ3) is 5.67. The monoisotopic (exact) mass is 600 g/mol. The summed E-state index contributed by atoms with van der Waals surface area (Å²) in [7, 11) is 0. The zero-order chi connectivity index (χ0) is 14.6. The number of nitrogens with two attached hydrogens (primary N) is 1.